The number of hydrogen-bond donors (Lipinski definition) is 6. The highest BCUT2D eigenvalue weighted by Crippen LogP contribution is 2.29. The lowest BCUT2D eigenvalue weighted by atomic mass is 9.79. The van der Waals surface area contributed by atoms with Crippen molar-refractivity contribution < 1.29 is 37.2 Å². The zero-order valence-electron chi connectivity index (χ0n) is 22.3. The standard InChI is InChI=1S/C26H34BF3N6O5/c28-26(29,30)18-4-1-16(2-5-18)13-22(25(39)34-19-6-3-17-15-41-27(40)20(17)14-19)35-24(38)21(33)7-8-23(37)36(11-9-31)12-10-32/h1-6,14,21-22,40H,7-13,15,31-33H2,(H,34,39)(H,35,38)/t21-,22+/m0/s1. The summed E-state index contributed by atoms with van der Waals surface area (Å²) in [6.45, 7) is 1.32. The number of alkyl halides is 3. The second kappa shape index (κ2) is 14.4. The van der Waals surface area contributed by atoms with Gasteiger partial charge in [-0.2, -0.15) is 13.2 Å². The maximum absolute atomic E-state index is 13.3. The molecule has 0 fully saturated rings. The van der Waals surface area contributed by atoms with Crippen molar-refractivity contribution in [3.8, 4) is 0 Å². The Hall–Kier alpha value is -3.50. The van der Waals surface area contributed by atoms with E-state index in [0.29, 0.717) is 29.8 Å². The van der Waals surface area contributed by atoms with Gasteiger partial charge in [-0.3, -0.25) is 14.4 Å². The number of nitrogens with two attached hydrogens (primary N) is 3. The van der Waals surface area contributed by atoms with Crippen LogP contribution >= 0.6 is 0 Å². The van der Waals surface area contributed by atoms with Gasteiger partial charge >= 0.3 is 13.3 Å². The Morgan fingerprint density at radius 3 is 2.32 bits per heavy atom. The molecule has 2 aromatic carbocycles. The van der Waals surface area contributed by atoms with Crippen LogP contribution in [0, 0.1) is 0 Å². The van der Waals surface area contributed by atoms with E-state index in [1.807, 2.05) is 0 Å². The SMILES string of the molecule is NCCN(CCN)C(=O)CC[C@H](N)C(=O)N[C@H](Cc1ccc(C(F)(F)F)cc1)C(=O)Nc1ccc2c(c1)B(O)OC2. The Bertz CT molecular complexity index is 1210. The zero-order chi connectivity index (χ0) is 30.2. The number of halogens is 3. The van der Waals surface area contributed by atoms with Crippen LogP contribution in [0.3, 0.4) is 0 Å². The molecule has 2 atom stereocenters. The van der Waals surface area contributed by atoms with Crippen molar-refractivity contribution in [1.29, 1.82) is 0 Å². The number of nitrogens with zero attached hydrogens (tertiary/aromatic N) is 1. The first-order chi connectivity index (χ1) is 19.4. The van der Waals surface area contributed by atoms with Crippen LogP contribution in [-0.2, 0) is 38.2 Å². The Labute approximate surface area is 235 Å². The third kappa shape index (κ3) is 9.00. The molecule has 3 rings (SSSR count). The minimum absolute atomic E-state index is 0.0202. The van der Waals surface area contributed by atoms with Crippen molar-refractivity contribution in [2.75, 3.05) is 31.5 Å². The molecule has 2 aromatic rings. The van der Waals surface area contributed by atoms with Gasteiger partial charge in [0.15, 0.2) is 0 Å². The lowest BCUT2D eigenvalue weighted by molar-refractivity contribution is -0.137. The van der Waals surface area contributed by atoms with Crippen LogP contribution in [0.1, 0.15) is 29.5 Å². The number of carbonyl (C=O) groups excluding carboxylic acids is 3. The number of amides is 3. The highest BCUT2D eigenvalue weighted by Gasteiger charge is 2.31. The lowest BCUT2D eigenvalue weighted by Gasteiger charge is -2.23. The minimum atomic E-state index is -4.53. The van der Waals surface area contributed by atoms with Crippen LogP contribution in [0.2, 0.25) is 0 Å². The Morgan fingerprint density at radius 2 is 1.71 bits per heavy atom. The van der Waals surface area contributed by atoms with E-state index >= 15 is 0 Å². The first-order valence-corrected chi connectivity index (χ1v) is 13.1. The fourth-order valence-corrected chi connectivity index (χ4v) is 4.32. The Morgan fingerprint density at radius 1 is 1.05 bits per heavy atom. The third-order valence-corrected chi connectivity index (χ3v) is 6.59. The molecule has 1 aliphatic heterocycles. The fourth-order valence-electron chi connectivity index (χ4n) is 4.32. The van der Waals surface area contributed by atoms with Crippen molar-refractivity contribution in [3.05, 3.63) is 59.2 Å². The predicted octanol–water partition coefficient (Wildman–Crippen LogP) is -0.557. The van der Waals surface area contributed by atoms with Gasteiger partial charge in [0.05, 0.1) is 18.2 Å². The summed E-state index contributed by atoms with van der Waals surface area (Å²) < 4.78 is 44.2. The first-order valence-electron chi connectivity index (χ1n) is 13.1. The molecule has 11 nitrogen and oxygen atoms in total. The van der Waals surface area contributed by atoms with Crippen molar-refractivity contribution in [2.24, 2.45) is 17.2 Å². The first kappa shape index (κ1) is 32.0. The highest BCUT2D eigenvalue weighted by molar-refractivity contribution is 6.61. The summed E-state index contributed by atoms with van der Waals surface area (Å²) in [6.07, 6.45) is -4.74. The van der Waals surface area contributed by atoms with Crippen molar-refractivity contribution in [1.82, 2.24) is 10.2 Å². The van der Waals surface area contributed by atoms with Crippen LogP contribution in [0.5, 0.6) is 0 Å². The number of fused-ring (bicyclic) bond motifs is 1. The predicted molar refractivity (Wildman–Crippen MR) is 146 cm³/mol. The van der Waals surface area contributed by atoms with Gasteiger partial charge in [-0.25, -0.2) is 0 Å². The van der Waals surface area contributed by atoms with E-state index in [4.69, 9.17) is 21.9 Å². The van der Waals surface area contributed by atoms with Gasteiger partial charge in [0.1, 0.15) is 6.04 Å². The van der Waals surface area contributed by atoms with Gasteiger partial charge in [-0.15, -0.1) is 0 Å². The molecule has 1 heterocycles. The number of anilines is 1. The van der Waals surface area contributed by atoms with Crippen LogP contribution in [0.4, 0.5) is 18.9 Å². The van der Waals surface area contributed by atoms with Crippen LogP contribution in [0.15, 0.2) is 42.5 Å². The van der Waals surface area contributed by atoms with E-state index < -0.39 is 42.8 Å². The van der Waals surface area contributed by atoms with Gasteiger partial charge in [0.2, 0.25) is 17.7 Å². The van der Waals surface area contributed by atoms with Crippen molar-refractivity contribution in [2.45, 2.75) is 44.1 Å². The number of nitrogens with one attached hydrogen (secondary N) is 2. The summed E-state index contributed by atoms with van der Waals surface area (Å²) in [5.41, 5.74) is 18.1. The summed E-state index contributed by atoms with van der Waals surface area (Å²) in [5, 5.41) is 15.2. The summed E-state index contributed by atoms with van der Waals surface area (Å²) >= 11 is 0. The summed E-state index contributed by atoms with van der Waals surface area (Å²) in [4.78, 5) is 40.2. The number of hydrogen-bond acceptors (Lipinski definition) is 8. The molecule has 15 heteroatoms. The summed E-state index contributed by atoms with van der Waals surface area (Å²) in [6, 6.07) is 6.67. The average Bonchev–Trinajstić information content (AvgIpc) is 3.30. The molecule has 0 aromatic heterocycles. The number of rotatable bonds is 13. The lowest BCUT2D eigenvalue weighted by Crippen LogP contribution is -2.51. The normalized spacial score (nSPS) is 14.3. The maximum atomic E-state index is 13.3. The molecule has 0 unspecified atom stereocenters. The van der Waals surface area contributed by atoms with E-state index in [9.17, 15) is 32.6 Å². The van der Waals surface area contributed by atoms with E-state index in [1.165, 1.54) is 23.1 Å². The van der Waals surface area contributed by atoms with Gasteiger partial charge in [0, 0.05) is 44.7 Å². The molecule has 1 aliphatic rings. The third-order valence-electron chi connectivity index (χ3n) is 6.59. The van der Waals surface area contributed by atoms with Gasteiger partial charge < -0.3 is 42.4 Å². The average molecular weight is 578 g/mol. The minimum Gasteiger partial charge on any atom is -0.423 e. The monoisotopic (exact) mass is 578 g/mol. The highest BCUT2D eigenvalue weighted by atomic mass is 19.4. The van der Waals surface area contributed by atoms with E-state index in [-0.39, 0.29) is 44.9 Å². The van der Waals surface area contributed by atoms with E-state index in [1.54, 1.807) is 12.1 Å². The van der Waals surface area contributed by atoms with Crippen LogP contribution in [-0.4, -0.2) is 73.0 Å². The molecule has 0 saturated heterocycles. The largest absolute Gasteiger partial charge is 0.491 e. The molecule has 0 spiro atoms. The molecule has 9 N–H and O–H groups in total. The van der Waals surface area contributed by atoms with Gasteiger partial charge in [-0.05, 0) is 47.3 Å². The maximum Gasteiger partial charge on any atom is 0.491 e. The molecule has 0 radical (unpaired) electrons. The molecule has 0 saturated carbocycles. The van der Waals surface area contributed by atoms with Crippen molar-refractivity contribution in [3.63, 3.8) is 0 Å². The van der Waals surface area contributed by atoms with E-state index in [2.05, 4.69) is 10.6 Å². The molecule has 0 bridgehead atoms. The fraction of sp³-hybridized carbons (Fsp3) is 0.423. The summed E-state index contributed by atoms with van der Waals surface area (Å²) in [5.74, 6) is -1.65. The second-order valence-electron chi connectivity index (χ2n) is 9.63. The quantitative estimate of drug-likeness (QED) is 0.171. The van der Waals surface area contributed by atoms with E-state index in [0.717, 1.165) is 17.7 Å². The van der Waals surface area contributed by atoms with Crippen molar-refractivity contribution >= 4 is 36.0 Å². The topological polar surface area (TPSA) is 186 Å². The van der Waals surface area contributed by atoms with Gasteiger partial charge in [-0.1, -0.05) is 18.2 Å². The molecular weight excluding hydrogens is 544 g/mol. The Kier molecular flexibility index (Phi) is 11.3. The molecular formula is C26H34BF3N6O5. The molecule has 222 valence electrons. The number of carbonyl (C=O) groups is 3. The number of benzene rings is 2. The second-order valence-corrected chi connectivity index (χ2v) is 9.63. The molecule has 3 amide bonds. The Balaban J connectivity index is 1.72. The molecule has 0 aliphatic carbocycles. The summed E-state index contributed by atoms with van der Waals surface area (Å²) in [7, 11) is -1.14. The molecule has 41 heavy (non-hydrogen) atoms. The smallest absolute Gasteiger partial charge is 0.423 e. The zero-order valence-corrected chi connectivity index (χ0v) is 22.3. The van der Waals surface area contributed by atoms with Gasteiger partial charge in [0.25, 0.3) is 0 Å². The van der Waals surface area contributed by atoms with Crippen LogP contribution < -0.4 is 33.3 Å². The van der Waals surface area contributed by atoms with Crippen LogP contribution in [0.25, 0.3) is 0 Å².